The van der Waals surface area contributed by atoms with Crippen LogP contribution in [-0.4, -0.2) is 80.6 Å². The number of carboxylic acids is 1. The molecule has 0 fully saturated rings. The van der Waals surface area contributed by atoms with Crippen LogP contribution >= 0.6 is 0 Å². The van der Waals surface area contributed by atoms with Crippen LogP contribution < -0.4 is 0 Å². The lowest BCUT2D eigenvalue weighted by molar-refractivity contribution is -0.887. The first-order chi connectivity index (χ1) is 25.1. The third kappa shape index (κ3) is 31.9. The molecule has 52 heavy (non-hydrogen) atoms. The van der Waals surface area contributed by atoms with Crippen LogP contribution in [0.1, 0.15) is 97.3 Å². The van der Waals surface area contributed by atoms with Crippen molar-refractivity contribution in [1.82, 2.24) is 0 Å². The highest BCUT2D eigenvalue weighted by atomic mass is 16.6. The Morgan fingerprint density at radius 1 is 0.577 bits per heavy atom. The van der Waals surface area contributed by atoms with E-state index in [0.29, 0.717) is 19.3 Å². The van der Waals surface area contributed by atoms with Crippen LogP contribution in [0.4, 0.5) is 0 Å². The SMILES string of the molecule is CC/C=C/C=C/C=C/C=C/C=C/CCCCCC(=O)OCC(COCCC(C(=O)O)[N+](C)(C)C)OC(=O)CCCCC/C=C/C=C/C=C/C=C/CC. The maximum Gasteiger partial charge on any atom is 0.362 e. The Hall–Kier alpha value is -4.01. The fourth-order valence-electron chi connectivity index (χ4n) is 4.71. The van der Waals surface area contributed by atoms with Gasteiger partial charge in [-0.15, -0.1) is 0 Å². The van der Waals surface area contributed by atoms with E-state index < -0.39 is 18.1 Å². The van der Waals surface area contributed by atoms with Crippen molar-refractivity contribution in [3.05, 3.63) is 109 Å². The van der Waals surface area contributed by atoms with Crippen LogP contribution in [0.5, 0.6) is 0 Å². The van der Waals surface area contributed by atoms with E-state index >= 15 is 0 Å². The van der Waals surface area contributed by atoms with Crippen molar-refractivity contribution in [2.75, 3.05) is 41.0 Å². The van der Waals surface area contributed by atoms with Crippen molar-refractivity contribution in [3.63, 3.8) is 0 Å². The zero-order chi connectivity index (χ0) is 38.5. The molecule has 0 aromatic heterocycles. The van der Waals surface area contributed by atoms with Gasteiger partial charge in [0.2, 0.25) is 0 Å². The number of hydrogen-bond acceptors (Lipinski definition) is 6. The van der Waals surface area contributed by atoms with Gasteiger partial charge < -0.3 is 23.8 Å². The topological polar surface area (TPSA) is 99.1 Å². The lowest BCUT2D eigenvalue weighted by Crippen LogP contribution is -2.50. The number of carbonyl (C=O) groups is 3. The summed E-state index contributed by atoms with van der Waals surface area (Å²) >= 11 is 0. The lowest BCUT2D eigenvalue weighted by atomic mass is 10.1. The van der Waals surface area contributed by atoms with Crippen molar-refractivity contribution in [1.29, 1.82) is 0 Å². The fraction of sp³-hybridized carbons (Fsp3) is 0.523. The van der Waals surface area contributed by atoms with Gasteiger partial charge in [-0.05, 0) is 51.4 Å². The molecule has 1 N–H and O–H groups in total. The van der Waals surface area contributed by atoms with Crippen molar-refractivity contribution < 1.29 is 38.2 Å². The molecule has 0 aromatic rings. The zero-order valence-corrected chi connectivity index (χ0v) is 32.7. The molecule has 8 heteroatoms. The van der Waals surface area contributed by atoms with Crippen LogP contribution in [0.3, 0.4) is 0 Å². The van der Waals surface area contributed by atoms with E-state index in [2.05, 4.69) is 38.2 Å². The molecule has 0 aliphatic carbocycles. The molecule has 0 aromatic carbocycles. The van der Waals surface area contributed by atoms with Gasteiger partial charge in [0.1, 0.15) is 6.61 Å². The summed E-state index contributed by atoms with van der Waals surface area (Å²) in [6.07, 6.45) is 45.6. The second kappa shape index (κ2) is 34.1. The van der Waals surface area contributed by atoms with Gasteiger partial charge in [-0.2, -0.15) is 0 Å². The molecule has 0 aliphatic rings. The predicted octanol–water partition coefficient (Wildman–Crippen LogP) is 9.73. The number of allylic oxidation sites excluding steroid dienone is 18. The summed E-state index contributed by atoms with van der Waals surface area (Å²) in [5.74, 6) is -1.60. The fourth-order valence-corrected chi connectivity index (χ4v) is 4.71. The van der Waals surface area contributed by atoms with Gasteiger partial charge in [0.25, 0.3) is 0 Å². The van der Waals surface area contributed by atoms with Crippen LogP contribution in [0, 0.1) is 0 Å². The summed E-state index contributed by atoms with van der Waals surface area (Å²) in [6.45, 7) is 4.31. The van der Waals surface area contributed by atoms with Gasteiger partial charge >= 0.3 is 17.9 Å². The van der Waals surface area contributed by atoms with E-state index in [9.17, 15) is 19.5 Å². The maximum absolute atomic E-state index is 12.6. The van der Waals surface area contributed by atoms with E-state index in [4.69, 9.17) is 14.2 Å². The van der Waals surface area contributed by atoms with Crippen molar-refractivity contribution in [2.24, 2.45) is 0 Å². The number of nitrogens with zero attached hydrogens (tertiary/aromatic N) is 1. The molecule has 0 bridgehead atoms. The van der Waals surface area contributed by atoms with E-state index in [1.165, 1.54) is 0 Å². The second-order valence-corrected chi connectivity index (χ2v) is 13.3. The van der Waals surface area contributed by atoms with Gasteiger partial charge in [0.05, 0.1) is 34.4 Å². The number of rotatable bonds is 31. The monoisotopic (exact) mass is 722 g/mol. The Bertz CT molecular complexity index is 1210. The average Bonchev–Trinajstić information content (AvgIpc) is 3.09. The van der Waals surface area contributed by atoms with E-state index in [0.717, 1.165) is 51.4 Å². The number of carboxylic acid groups (broad SMARTS) is 1. The molecule has 0 rings (SSSR count). The molecule has 0 saturated heterocycles. The van der Waals surface area contributed by atoms with Crippen LogP contribution in [-0.2, 0) is 28.6 Å². The minimum Gasteiger partial charge on any atom is -0.477 e. The summed E-state index contributed by atoms with van der Waals surface area (Å²) in [7, 11) is 5.47. The smallest absolute Gasteiger partial charge is 0.362 e. The Morgan fingerprint density at radius 2 is 1.02 bits per heavy atom. The summed E-state index contributed by atoms with van der Waals surface area (Å²) in [4.78, 5) is 36.8. The number of ether oxygens (including phenoxy) is 3. The summed E-state index contributed by atoms with van der Waals surface area (Å²) < 4.78 is 17.1. The minimum absolute atomic E-state index is 0.0223. The first-order valence-electron chi connectivity index (χ1n) is 19.0. The van der Waals surface area contributed by atoms with E-state index in [1.54, 1.807) is 0 Å². The molecule has 0 spiro atoms. The van der Waals surface area contributed by atoms with Gasteiger partial charge in [-0.1, -0.05) is 136 Å². The van der Waals surface area contributed by atoms with E-state index in [1.807, 2.05) is 106 Å². The molecule has 2 unspecified atom stereocenters. The molecular formula is C44H68NO7+. The number of esters is 2. The number of carbonyl (C=O) groups excluding carboxylic acids is 2. The quantitative estimate of drug-likeness (QED) is 0.0329. The van der Waals surface area contributed by atoms with E-state index in [-0.39, 0.29) is 49.1 Å². The maximum atomic E-state index is 12.6. The van der Waals surface area contributed by atoms with Crippen LogP contribution in [0.2, 0.25) is 0 Å². The summed E-state index contributed by atoms with van der Waals surface area (Å²) in [5, 5.41) is 9.58. The van der Waals surface area contributed by atoms with Crippen LogP contribution in [0.15, 0.2) is 109 Å². The summed E-state index contributed by atoms with van der Waals surface area (Å²) in [6, 6.07) is -0.635. The number of unbranched alkanes of at least 4 members (excludes halogenated alkanes) is 6. The lowest BCUT2D eigenvalue weighted by Gasteiger charge is -2.31. The molecular weight excluding hydrogens is 654 g/mol. The molecule has 0 aliphatic heterocycles. The minimum atomic E-state index is -0.896. The molecule has 290 valence electrons. The Balaban J connectivity index is 4.61. The zero-order valence-electron chi connectivity index (χ0n) is 32.7. The Morgan fingerprint density at radius 3 is 1.46 bits per heavy atom. The van der Waals surface area contributed by atoms with Crippen molar-refractivity contribution in [3.8, 4) is 0 Å². The normalized spacial score (nSPS) is 14.2. The van der Waals surface area contributed by atoms with Gasteiger partial charge in [-0.25, -0.2) is 4.79 Å². The highest BCUT2D eigenvalue weighted by Gasteiger charge is 2.31. The summed E-state index contributed by atoms with van der Waals surface area (Å²) in [5.41, 5.74) is 0. The highest BCUT2D eigenvalue weighted by Crippen LogP contribution is 2.11. The molecule has 0 saturated carbocycles. The molecule has 0 amide bonds. The van der Waals surface area contributed by atoms with Crippen molar-refractivity contribution in [2.45, 2.75) is 109 Å². The first kappa shape index (κ1) is 48.0. The largest absolute Gasteiger partial charge is 0.477 e. The van der Waals surface area contributed by atoms with Gasteiger partial charge in [-0.3, -0.25) is 9.59 Å². The van der Waals surface area contributed by atoms with Crippen molar-refractivity contribution >= 4 is 17.9 Å². The Kier molecular flexibility index (Phi) is 31.5. The second-order valence-electron chi connectivity index (χ2n) is 13.3. The number of hydrogen-bond donors (Lipinski definition) is 1. The average molecular weight is 723 g/mol. The molecule has 0 radical (unpaired) electrons. The predicted molar refractivity (Wildman–Crippen MR) is 215 cm³/mol. The van der Waals surface area contributed by atoms with Crippen LogP contribution in [0.25, 0.3) is 0 Å². The molecule has 0 heterocycles. The highest BCUT2D eigenvalue weighted by molar-refractivity contribution is 5.72. The standard InChI is InChI=1S/C44H67NO7/c1-6-8-10-12-14-16-18-20-21-23-24-26-28-30-32-34-42(46)51-39-40(38-50-37-36-41(44(48)49)45(3,4)5)52-43(47)35-33-31-29-27-25-22-19-17-15-13-11-9-7-2/h8-25,40-41H,6-7,26-39H2,1-5H3/p+1/b10-8+,11-9+,14-12+,15-13+,18-16+,19-17+,21-20+,24-23+,25-22+. The molecule has 8 nitrogen and oxygen atoms in total. The van der Waals surface area contributed by atoms with Gasteiger partial charge in [0, 0.05) is 19.3 Å². The number of likely N-dealkylation sites (N-methyl/N-ethyl adjacent to an activating group) is 1. The Labute approximate surface area is 315 Å². The number of quaternary nitrogens is 1. The third-order valence-corrected chi connectivity index (χ3v) is 7.64. The number of aliphatic carboxylic acids is 1. The molecule has 2 atom stereocenters. The third-order valence-electron chi connectivity index (χ3n) is 7.64. The first-order valence-corrected chi connectivity index (χ1v) is 19.0. The van der Waals surface area contributed by atoms with Gasteiger partial charge in [0.15, 0.2) is 12.1 Å².